The summed E-state index contributed by atoms with van der Waals surface area (Å²) in [5.74, 6) is -0.428. The molecule has 1 aliphatic rings. The fraction of sp³-hybridized carbons (Fsp3) is 0.273. The summed E-state index contributed by atoms with van der Waals surface area (Å²) in [6, 6.07) is 3.81. The predicted octanol–water partition coefficient (Wildman–Crippen LogP) is -0.251. The highest BCUT2D eigenvalue weighted by Crippen LogP contribution is 2.24. The van der Waals surface area contributed by atoms with Gasteiger partial charge in [0.1, 0.15) is 17.2 Å². The number of aryl methyl sites for hydroxylation is 1. The molecule has 9 heteroatoms. The van der Waals surface area contributed by atoms with Crippen molar-refractivity contribution in [3.63, 3.8) is 0 Å². The van der Waals surface area contributed by atoms with Crippen LogP contribution in [0.1, 0.15) is 5.56 Å². The molecule has 8 nitrogen and oxygen atoms in total. The van der Waals surface area contributed by atoms with Gasteiger partial charge in [-0.15, -0.1) is 4.83 Å². The van der Waals surface area contributed by atoms with E-state index in [1.807, 2.05) is 10.1 Å². The van der Waals surface area contributed by atoms with Crippen LogP contribution in [0.3, 0.4) is 0 Å². The summed E-state index contributed by atoms with van der Waals surface area (Å²) in [6.07, 6.45) is 0. The van der Waals surface area contributed by atoms with Crippen LogP contribution in [0.5, 0.6) is 5.75 Å². The molecule has 0 bridgehead atoms. The van der Waals surface area contributed by atoms with Crippen molar-refractivity contribution in [3.8, 4) is 5.75 Å². The molecule has 3 amide bonds. The quantitative estimate of drug-likeness (QED) is 0.746. The van der Waals surface area contributed by atoms with Gasteiger partial charge in [0.25, 0.3) is 10.0 Å². The standard InChI is InChI=1S/C11H13N3O5S/c1-7-3-4-8(19-2)9(5-7)20(17,18)13-14-6-10(15)12-11(14)16/h3-5,13H,6H2,1-2H3,(H,12,15,16). The van der Waals surface area contributed by atoms with Gasteiger partial charge in [0.2, 0.25) is 5.91 Å². The topological polar surface area (TPSA) is 105 Å². The number of imide groups is 1. The van der Waals surface area contributed by atoms with Crippen LogP contribution < -0.4 is 14.9 Å². The molecule has 1 heterocycles. The monoisotopic (exact) mass is 299 g/mol. The van der Waals surface area contributed by atoms with E-state index in [1.54, 1.807) is 13.0 Å². The molecule has 2 rings (SSSR count). The lowest BCUT2D eigenvalue weighted by atomic mass is 10.2. The Morgan fingerprint density at radius 3 is 2.60 bits per heavy atom. The molecule has 1 aromatic carbocycles. The van der Waals surface area contributed by atoms with Crippen molar-refractivity contribution >= 4 is 22.0 Å². The van der Waals surface area contributed by atoms with Crippen LogP contribution in [-0.4, -0.2) is 39.0 Å². The third-order valence-corrected chi connectivity index (χ3v) is 3.99. The van der Waals surface area contributed by atoms with Gasteiger partial charge < -0.3 is 4.74 Å². The Morgan fingerprint density at radius 1 is 1.35 bits per heavy atom. The SMILES string of the molecule is COc1ccc(C)cc1S(=O)(=O)NN1CC(=O)NC1=O. The van der Waals surface area contributed by atoms with Gasteiger partial charge in [0.15, 0.2) is 0 Å². The Morgan fingerprint density at radius 2 is 2.05 bits per heavy atom. The molecule has 1 fully saturated rings. The average molecular weight is 299 g/mol. The predicted molar refractivity (Wildman–Crippen MR) is 68.3 cm³/mol. The van der Waals surface area contributed by atoms with Gasteiger partial charge in [-0.1, -0.05) is 6.07 Å². The number of carbonyl (C=O) groups is 2. The first-order valence-corrected chi connectivity index (χ1v) is 7.10. The molecule has 0 radical (unpaired) electrons. The van der Waals surface area contributed by atoms with Crippen LogP contribution in [0.15, 0.2) is 23.1 Å². The van der Waals surface area contributed by atoms with Crippen LogP contribution >= 0.6 is 0 Å². The molecule has 0 atom stereocenters. The number of rotatable bonds is 4. The number of carbonyl (C=O) groups excluding carboxylic acids is 2. The molecule has 1 aromatic rings. The first-order chi connectivity index (χ1) is 9.33. The summed E-state index contributed by atoms with van der Waals surface area (Å²) in [7, 11) is -2.68. The first-order valence-electron chi connectivity index (χ1n) is 5.62. The van der Waals surface area contributed by atoms with Gasteiger partial charge in [-0.25, -0.2) is 18.2 Å². The molecule has 0 saturated carbocycles. The van der Waals surface area contributed by atoms with Crippen LogP contribution in [0.4, 0.5) is 4.79 Å². The Balaban J connectivity index is 2.33. The average Bonchev–Trinajstić information content (AvgIpc) is 2.67. The highest BCUT2D eigenvalue weighted by Gasteiger charge is 2.32. The van der Waals surface area contributed by atoms with Crippen LogP contribution in [0, 0.1) is 6.92 Å². The van der Waals surface area contributed by atoms with E-state index in [1.165, 1.54) is 19.2 Å². The van der Waals surface area contributed by atoms with E-state index in [0.29, 0.717) is 10.6 Å². The zero-order valence-corrected chi connectivity index (χ0v) is 11.7. The molecule has 0 aliphatic carbocycles. The number of hydrazine groups is 1. The van der Waals surface area contributed by atoms with Crippen molar-refractivity contribution in [3.05, 3.63) is 23.8 Å². The molecule has 1 saturated heterocycles. The summed E-state index contributed by atoms with van der Waals surface area (Å²) in [5, 5.41) is 2.66. The fourth-order valence-electron chi connectivity index (χ4n) is 1.70. The van der Waals surface area contributed by atoms with Crippen molar-refractivity contribution in [1.82, 2.24) is 15.2 Å². The van der Waals surface area contributed by atoms with Gasteiger partial charge in [-0.2, -0.15) is 0 Å². The van der Waals surface area contributed by atoms with E-state index >= 15 is 0 Å². The first kappa shape index (κ1) is 14.3. The Kier molecular flexibility index (Phi) is 3.64. The molecule has 0 unspecified atom stereocenters. The van der Waals surface area contributed by atoms with E-state index < -0.39 is 22.0 Å². The summed E-state index contributed by atoms with van der Waals surface area (Å²) in [4.78, 5) is 24.3. The lowest BCUT2D eigenvalue weighted by Gasteiger charge is -2.16. The summed E-state index contributed by atoms with van der Waals surface area (Å²) >= 11 is 0. The third kappa shape index (κ3) is 2.73. The second-order valence-corrected chi connectivity index (χ2v) is 5.82. The van der Waals surface area contributed by atoms with Gasteiger partial charge >= 0.3 is 6.03 Å². The Hall–Kier alpha value is -2.13. The number of hydrogen-bond acceptors (Lipinski definition) is 5. The van der Waals surface area contributed by atoms with E-state index in [9.17, 15) is 18.0 Å². The van der Waals surface area contributed by atoms with Crippen molar-refractivity contribution in [2.45, 2.75) is 11.8 Å². The number of urea groups is 1. The van der Waals surface area contributed by atoms with Gasteiger partial charge in [-0.3, -0.25) is 10.1 Å². The van der Waals surface area contributed by atoms with Crippen molar-refractivity contribution in [1.29, 1.82) is 0 Å². The molecule has 0 spiro atoms. The molecule has 0 aromatic heterocycles. The number of nitrogens with one attached hydrogen (secondary N) is 2. The van der Waals surface area contributed by atoms with E-state index in [-0.39, 0.29) is 17.2 Å². The number of amides is 3. The normalized spacial score (nSPS) is 15.4. The second kappa shape index (κ2) is 5.10. The van der Waals surface area contributed by atoms with Crippen LogP contribution in [0.2, 0.25) is 0 Å². The minimum atomic E-state index is -4.03. The summed E-state index contributed by atoms with van der Waals surface area (Å²) in [5.41, 5.74) is 0.716. The van der Waals surface area contributed by atoms with Crippen LogP contribution in [-0.2, 0) is 14.8 Å². The third-order valence-electron chi connectivity index (χ3n) is 2.63. The Labute approximate surface area is 115 Å². The van der Waals surface area contributed by atoms with Gasteiger partial charge in [-0.05, 0) is 24.6 Å². The van der Waals surface area contributed by atoms with Crippen molar-refractivity contribution < 1.29 is 22.7 Å². The number of ether oxygens (including phenoxy) is 1. The number of benzene rings is 1. The van der Waals surface area contributed by atoms with Gasteiger partial charge in [0.05, 0.1) is 7.11 Å². The minimum absolute atomic E-state index is 0.104. The zero-order valence-electron chi connectivity index (χ0n) is 10.8. The summed E-state index contributed by atoms with van der Waals surface area (Å²) in [6.45, 7) is 1.36. The van der Waals surface area contributed by atoms with E-state index in [2.05, 4.69) is 0 Å². The fourth-order valence-corrected chi connectivity index (χ4v) is 3.00. The lowest BCUT2D eigenvalue weighted by molar-refractivity contribution is -0.118. The van der Waals surface area contributed by atoms with Crippen LogP contribution in [0.25, 0.3) is 0 Å². The maximum Gasteiger partial charge on any atom is 0.339 e. The maximum absolute atomic E-state index is 12.2. The Bertz CT molecular complexity index is 671. The molecule has 108 valence electrons. The number of nitrogens with zero attached hydrogens (tertiary/aromatic N) is 1. The highest BCUT2D eigenvalue weighted by atomic mass is 32.2. The van der Waals surface area contributed by atoms with E-state index in [0.717, 1.165) is 0 Å². The summed E-state index contributed by atoms with van der Waals surface area (Å²) < 4.78 is 29.5. The number of methoxy groups -OCH3 is 1. The molecule has 20 heavy (non-hydrogen) atoms. The number of hydrogen-bond donors (Lipinski definition) is 2. The molecule has 2 N–H and O–H groups in total. The number of sulfonamides is 1. The smallest absolute Gasteiger partial charge is 0.339 e. The van der Waals surface area contributed by atoms with Crippen molar-refractivity contribution in [2.24, 2.45) is 0 Å². The maximum atomic E-state index is 12.2. The molecule has 1 aliphatic heterocycles. The van der Waals surface area contributed by atoms with E-state index in [4.69, 9.17) is 4.74 Å². The van der Waals surface area contributed by atoms with Crippen molar-refractivity contribution in [2.75, 3.05) is 13.7 Å². The zero-order chi connectivity index (χ0) is 14.9. The van der Waals surface area contributed by atoms with Gasteiger partial charge in [0, 0.05) is 0 Å². The molecular weight excluding hydrogens is 286 g/mol. The highest BCUT2D eigenvalue weighted by molar-refractivity contribution is 7.89. The lowest BCUT2D eigenvalue weighted by Crippen LogP contribution is -2.44. The largest absolute Gasteiger partial charge is 0.495 e. The molecular formula is C11H13N3O5S. The second-order valence-electron chi connectivity index (χ2n) is 4.19. The minimum Gasteiger partial charge on any atom is -0.495 e.